The quantitative estimate of drug-likeness (QED) is 0.857. The summed E-state index contributed by atoms with van der Waals surface area (Å²) in [5.74, 6) is 0. The minimum absolute atomic E-state index is 0.522. The molecule has 0 aromatic heterocycles. The van der Waals surface area contributed by atoms with Crippen LogP contribution in [0.1, 0.15) is 18.5 Å². The van der Waals surface area contributed by atoms with E-state index in [-0.39, 0.29) is 0 Å². The molecule has 0 aliphatic carbocycles. The molecule has 0 radical (unpaired) electrons. The van der Waals surface area contributed by atoms with E-state index in [4.69, 9.17) is 0 Å². The lowest BCUT2D eigenvalue weighted by atomic mass is 10.1. The predicted octanol–water partition coefficient (Wildman–Crippen LogP) is 1.72. The molecular weight excluding hydrogens is 210 g/mol. The van der Waals surface area contributed by atoms with Gasteiger partial charge in [-0.15, -0.1) is 0 Å². The van der Waals surface area contributed by atoms with Crippen molar-refractivity contribution in [1.82, 2.24) is 10.2 Å². The van der Waals surface area contributed by atoms with Crippen LogP contribution < -0.4 is 10.2 Å². The van der Waals surface area contributed by atoms with Crippen molar-refractivity contribution < 1.29 is 0 Å². The molecule has 0 saturated carbocycles. The Bertz CT molecular complexity index is 339. The first-order valence-corrected chi connectivity index (χ1v) is 6.40. The minimum Gasteiger partial charge on any atom is -0.378 e. The summed E-state index contributed by atoms with van der Waals surface area (Å²) < 4.78 is 0. The highest BCUT2D eigenvalue weighted by Crippen LogP contribution is 2.22. The largest absolute Gasteiger partial charge is 0.378 e. The van der Waals surface area contributed by atoms with Crippen LogP contribution in [0.3, 0.4) is 0 Å². The van der Waals surface area contributed by atoms with Gasteiger partial charge in [0.1, 0.15) is 0 Å². The van der Waals surface area contributed by atoms with Gasteiger partial charge in [0.2, 0.25) is 0 Å². The number of hydrogen-bond donors (Lipinski definition) is 1. The van der Waals surface area contributed by atoms with E-state index in [0.717, 1.165) is 26.2 Å². The van der Waals surface area contributed by atoms with E-state index in [0.29, 0.717) is 6.04 Å². The van der Waals surface area contributed by atoms with Crippen LogP contribution in [0.5, 0.6) is 0 Å². The molecule has 17 heavy (non-hydrogen) atoms. The average Bonchev–Trinajstić information content (AvgIpc) is 2.39. The zero-order chi connectivity index (χ0) is 12.3. The Morgan fingerprint density at radius 1 is 1.12 bits per heavy atom. The zero-order valence-corrected chi connectivity index (χ0v) is 11.1. The summed E-state index contributed by atoms with van der Waals surface area (Å²) in [4.78, 5) is 4.68. The molecule has 94 valence electrons. The Morgan fingerprint density at radius 3 is 2.24 bits per heavy atom. The molecule has 2 rings (SSSR count). The third-order valence-electron chi connectivity index (χ3n) is 3.59. The van der Waals surface area contributed by atoms with Crippen molar-refractivity contribution in [2.75, 3.05) is 45.2 Å². The number of anilines is 1. The Kier molecular flexibility index (Phi) is 4.02. The molecule has 1 saturated heterocycles. The maximum atomic E-state index is 3.40. The Balaban J connectivity index is 2.05. The van der Waals surface area contributed by atoms with Crippen molar-refractivity contribution in [2.45, 2.75) is 13.0 Å². The van der Waals surface area contributed by atoms with Crippen LogP contribution in [-0.4, -0.2) is 45.2 Å². The lowest BCUT2D eigenvalue weighted by molar-refractivity contribution is 0.185. The topological polar surface area (TPSA) is 18.5 Å². The number of nitrogens with one attached hydrogen (secondary N) is 1. The summed E-state index contributed by atoms with van der Waals surface area (Å²) in [7, 11) is 4.16. The summed E-state index contributed by atoms with van der Waals surface area (Å²) in [6.45, 7) is 6.82. The third kappa shape index (κ3) is 2.99. The number of rotatable bonds is 3. The molecule has 3 heteroatoms. The zero-order valence-electron chi connectivity index (χ0n) is 11.1. The van der Waals surface area contributed by atoms with Crippen LogP contribution in [0.2, 0.25) is 0 Å². The van der Waals surface area contributed by atoms with Gasteiger partial charge in [-0.3, -0.25) is 4.90 Å². The van der Waals surface area contributed by atoms with Gasteiger partial charge >= 0.3 is 0 Å². The third-order valence-corrected chi connectivity index (χ3v) is 3.59. The molecule has 1 fully saturated rings. The number of benzene rings is 1. The molecule has 0 spiro atoms. The van der Waals surface area contributed by atoms with E-state index in [2.05, 4.69) is 60.4 Å². The molecule has 1 aromatic carbocycles. The molecule has 1 atom stereocenters. The van der Waals surface area contributed by atoms with Crippen molar-refractivity contribution in [3.05, 3.63) is 29.8 Å². The van der Waals surface area contributed by atoms with Crippen molar-refractivity contribution in [2.24, 2.45) is 0 Å². The molecule has 1 aromatic rings. The highest BCUT2D eigenvalue weighted by molar-refractivity contribution is 5.46. The van der Waals surface area contributed by atoms with Gasteiger partial charge in [0.05, 0.1) is 0 Å². The van der Waals surface area contributed by atoms with Gasteiger partial charge < -0.3 is 10.2 Å². The van der Waals surface area contributed by atoms with E-state index in [1.54, 1.807) is 0 Å². The van der Waals surface area contributed by atoms with Crippen molar-refractivity contribution in [3.63, 3.8) is 0 Å². The average molecular weight is 233 g/mol. The SMILES string of the molecule is CC(c1ccc(N(C)C)cc1)N1CCNCC1. The van der Waals surface area contributed by atoms with Gasteiger partial charge in [0.15, 0.2) is 0 Å². The summed E-state index contributed by atoms with van der Waals surface area (Å²) in [6, 6.07) is 9.43. The smallest absolute Gasteiger partial charge is 0.0361 e. The molecule has 0 amide bonds. The summed E-state index contributed by atoms with van der Waals surface area (Å²) >= 11 is 0. The standard InChI is InChI=1S/C14H23N3/c1-12(17-10-8-15-9-11-17)13-4-6-14(7-5-13)16(2)3/h4-7,12,15H,8-11H2,1-3H3. The van der Waals surface area contributed by atoms with Crippen LogP contribution in [0.4, 0.5) is 5.69 Å². The highest BCUT2D eigenvalue weighted by Gasteiger charge is 2.17. The Labute approximate surface area is 104 Å². The first-order chi connectivity index (χ1) is 8.18. The van der Waals surface area contributed by atoms with Gasteiger partial charge in [0, 0.05) is 52.0 Å². The van der Waals surface area contributed by atoms with Gasteiger partial charge in [-0.25, -0.2) is 0 Å². The summed E-state index contributed by atoms with van der Waals surface area (Å²) in [6.07, 6.45) is 0. The minimum atomic E-state index is 0.522. The second kappa shape index (κ2) is 5.52. The van der Waals surface area contributed by atoms with E-state index < -0.39 is 0 Å². The lowest BCUT2D eigenvalue weighted by Gasteiger charge is -2.33. The maximum Gasteiger partial charge on any atom is 0.0361 e. The fourth-order valence-corrected chi connectivity index (χ4v) is 2.33. The fourth-order valence-electron chi connectivity index (χ4n) is 2.33. The number of nitrogens with zero attached hydrogens (tertiary/aromatic N) is 2. The van der Waals surface area contributed by atoms with Crippen molar-refractivity contribution in [3.8, 4) is 0 Å². The molecule has 1 aliphatic heterocycles. The first-order valence-electron chi connectivity index (χ1n) is 6.40. The number of hydrogen-bond acceptors (Lipinski definition) is 3. The van der Waals surface area contributed by atoms with E-state index in [1.165, 1.54) is 11.3 Å². The van der Waals surface area contributed by atoms with E-state index in [1.807, 2.05) is 0 Å². The second-order valence-electron chi connectivity index (χ2n) is 4.95. The van der Waals surface area contributed by atoms with E-state index in [9.17, 15) is 0 Å². The Morgan fingerprint density at radius 2 is 1.71 bits per heavy atom. The molecule has 3 nitrogen and oxygen atoms in total. The first kappa shape index (κ1) is 12.4. The number of piperazine rings is 1. The lowest BCUT2D eigenvalue weighted by Crippen LogP contribution is -2.44. The maximum absolute atomic E-state index is 3.40. The van der Waals surface area contributed by atoms with Crippen LogP contribution >= 0.6 is 0 Å². The highest BCUT2D eigenvalue weighted by atomic mass is 15.2. The van der Waals surface area contributed by atoms with E-state index >= 15 is 0 Å². The summed E-state index contributed by atoms with van der Waals surface area (Å²) in [5, 5.41) is 3.40. The predicted molar refractivity (Wildman–Crippen MR) is 73.6 cm³/mol. The monoisotopic (exact) mass is 233 g/mol. The fraction of sp³-hybridized carbons (Fsp3) is 0.571. The van der Waals surface area contributed by atoms with Crippen LogP contribution in [0, 0.1) is 0 Å². The molecular formula is C14H23N3. The van der Waals surface area contributed by atoms with Crippen LogP contribution in [-0.2, 0) is 0 Å². The van der Waals surface area contributed by atoms with Gasteiger partial charge in [-0.2, -0.15) is 0 Å². The molecule has 1 heterocycles. The normalized spacial score (nSPS) is 19.0. The van der Waals surface area contributed by atoms with Crippen LogP contribution in [0.25, 0.3) is 0 Å². The molecule has 1 N–H and O–H groups in total. The second-order valence-corrected chi connectivity index (χ2v) is 4.95. The molecule has 0 bridgehead atoms. The van der Waals surface area contributed by atoms with Gasteiger partial charge in [-0.05, 0) is 24.6 Å². The van der Waals surface area contributed by atoms with Crippen molar-refractivity contribution in [1.29, 1.82) is 0 Å². The van der Waals surface area contributed by atoms with Gasteiger partial charge in [-0.1, -0.05) is 12.1 Å². The van der Waals surface area contributed by atoms with Crippen LogP contribution in [0.15, 0.2) is 24.3 Å². The summed E-state index contributed by atoms with van der Waals surface area (Å²) in [5.41, 5.74) is 2.68. The Hall–Kier alpha value is -1.06. The van der Waals surface area contributed by atoms with Crippen molar-refractivity contribution >= 4 is 5.69 Å². The molecule has 1 unspecified atom stereocenters. The van der Waals surface area contributed by atoms with Gasteiger partial charge in [0.25, 0.3) is 0 Å². The molecule has 1 aliphatic rings.